The summed E-state index contributed by atoms with van der Waals surface area (Å²) >= 11 is 0. The summed E-state index contributed by atoms with van der Waals surface area (Å²) in [6.07, 6.45) is 2.35. The van der Waals surface area contributed by atoms with Crippen LogP contribution in [0.1, 0.15) is 32.3 Å². The van der Waals surface area contributed by atoms with Crippen LogP contribution < -0.4 is 5.73 Å². The normalized spacial score (nSPS) is 15.6. The summed E-state index contributed by atoms with van der Waals surface area (Å²) in [6, 6.07) is 3.17. The maximum absolute atomic E-state index is 13.9. The molecule has 0 unspecified atom stereocenters. The largest absolute Gasteiger partial charge is 0.398 e. The van der Waals surface area contributed by atoms with Crippen LogP contribution in [0.2, 0.25) is 0 Å². The highest BCUT2D eigenvalue weighted by atomic mass is 19.1. The van der Waals surface area contributed by atoms with E-state index in [9.17, 15) is 4.39 Å². The third kappa shape index (κ3) is 1.95. The van der Waals surface area contributed by atoms with E-state index in [-0.39, 0.29) is 11.4 Å². The molecule has 1 saturated carbocycles. The van der Waals surface area contributed by atoms with Crippen molar-refractivity contribution in [1.29, 1.82) is 0 Å². The number of anilines is 1. The third-order valence-corrected chi connectivity index (χ3v) is 4.23. The molecule has 0 atom stereocenters. The fraction of sp³-hybridized carbons (Fsp3) is 0.500. The van der Waals surface area contributed by atoms with Gasteiger partial charge in [-0.3, -0.25) is 0 Å². The summed E-state index contributed by atoms with van der Waals surface area (Å²) < 4.78 is 15.7. The number of benzene rings is 1. The molecule has 0 radical (unpaired) electrons. The fourth-order valence-corrected chi connectivity index (χ4v) is 2.55. The molecule has 2 N–H and O–H groups in total. The van der Waals surface area contributed by atoms with Gasteiger partial charge in [0.2, 0.25) is 0 Å². The van der Waals surface area contributed by atoms with Gasteiger partial charge in [0, 0.05) is 16.8 Å². The van der Waals surface area contributed by atoms with Crippen LogP contribution in [0, 0.1) is 18.7 Å². The Morgan fingerprint density at radius 3 is 2.65 bits per heavy atom. The van der Waals surface area contributed by atoms with Gasteiger partial charge in [0.15, 0.2) is 5.82 Å². The average Bonchev–Trinajstić information content (AvgIpc) is 3.13. The van der Waals surface area contributed by atoms with Crippen molar-refractivity contribution in [1.82, 2.24) is 20.2 Å². The van der Waals surface area contributed by atoms with Crippen molar-refractivity contribution in [2.75, 3.05) is 5.73 Å². The number of tetrazole rings is 1. The molecular formula is C14H18FN5. The quantitative estimate of drug-likeness (QED) is 0.874. The number of nitrogens with zero attached hydrogens (tertiary/aromatic N) is 4. The van der Waals surface area contributed by atoms with Gasteiger partial charge in [-0.25, -0.2) is 9.07 Å². The molecule has 1 aliphatic rings. The molecule has 106 valence electrons. The minimum atomic E-state index is -0.334. The molecule has 6 heteroatoms. The van der Waals surface area contributed by atoms with Gasteiger partial charge in [-0.15, -0.1) is 5.10 Å². The number of hydrogen-bond donors (Lipinski definition) is 1. The van der Waals surface area contributed by atoms with Crippen molar-refractivity contribution in [3.05, 3.63) is 23.5 Å². The Kier molecular flexibility index (Phi) is 2.77. The fourth-order valence-electron chi connectivity index (χ4n) is 2.55. The zero-order valence-electron chi connectivity index (χ0n) is 11.9. The van der Waals surface area contributed by atoms with E-state index < -0.39 is 0 Å². The SMILES string of the molecule is Cc1c(N)cc(-c2nnnn2C(C)(C)C2CC2)cc1F. The van der Waals surface area contributed by atoms with Gasteiger partial charge in [0.05, 0.1) is 5.54 Å². The molecule has 0 amide bonds. The number of rotatable bonds is 3. The maximum atomic E-state index is 13.9. The second-order valence-electron chi connectivity index (χ2n) is 6.01. The number of halogens is 1. The highest BCUT2D eigenvalue weighted by molar-refractivity contribution is 5.64. The number of nitrogens with two attached hydrogens (primary N) is 1. The lowest BCUT2D eigenvalue weighted by Gasteiger charge is -2.25. The van der Waals surface area contributed by atoms with E-state index in [4.69, 9.17) is 5.73 Å². The van der Waals surface area contributed by atoms with Crippen molar-refractivity contribution >= 4 is 5.69 Å². The molecule has 0 spiro atoms. The summed E-state index contributed by atoms with van der Waals surface area (Å²) in [7, 11) is 0. The lowest BCUT2D eigenvalue weighted by molar-refractivity contribution is 0.271. The van der Waals surface area contributed by atoms with Crippen LogP contribution in [0.3, 0.4) is 0 Å². The molecule has 3 rings (SSSR count). The van der Waals surface area contributed by atoms with Crippen LogP contribution in [-0.2, 0) is 5.54 Å². The van der Waals surface area contributed by atoms with Crippen molar-refractivity contribution in [2.24, 2.45) is 5.92 Å². The first-order chi connectivity index (χ1) is 9.41. The molecular weight excluding hydrogens is 257 g/mol. The Morgan fingerprint density at radius 2 is 2.05 bits per heavy atom. The lowest BCUT2D eigenvalue weighted by Crippen LogP contribution is -2.30. The molecule has 1 aromatic heterocycles. The monoisotopic (exact) mass is 275 g/mol. The van der Waals surface area contributed by atoms with E-state index in [1.165, 1.54) is 18.9 Å². The summed E-state index contributed by atoms with van der Waals surface area (Å²) in [5.41, 5.74) is 7.15. The second-order valence-corrected chi connectivity index (χ2v) is 6.01. The lowest BCUT2D eigenvalue weighted by atomic mass is 9.98. The molecule has 1 heterocycles. The second kappa shape index (κ2) is 4.26. The van der Waals surface area contributed by atoms with E-state index in [0.29, 0.717) is 28.6 Å². The van der Waals surface area contributed by atoms with Gasteiger partial charge < -0.3 is 5.73 Å². The Labute approximate surface area is 117 Å². The van der Waals surface area contributed by atoms with E-state index >= 15 is 0 Å². The Hall–Kier alpha value is -1.98. The molecule has 20 heavy (non-hydrogen) atoms. The number of hydrogen-bond acceptors (Lipinski definition) is 4. The van der Waals surface area contributed by atoms with Crippen LogP contribution in [0.4, 0.5) is 10.1 Å². The van der Waals surface area contributed by atoms with E-state index in [1.54, 1.807) is 17.7 Å². The van der Waals surface area contributed by atoms with E-state index in [0.717, 1.165) is 0 Å². The van der Waals surface area contributed by atoms with Gasteiger partial charge in [0.25, 0.3) is 0 Å². The zero-order chi connectivity index (χ0) is 14.5. The summed E-state index contributed by atoms with van der Waals surface area (Å²) in [5.74, 6) is 0.795. The van der Waals surface area contributed by atoms with Crippen LogP contribution >= 0.6 is 0 Å². The van der Waals surface area contributed by atoms with Crippen LogP contribution in [0.25, 0.3) is 11.4 Å². The third-order valence-electron chi connectivity index (χ3n) is 4.23. The maximum Gasteiger partial charge on any atom is 0.182 e. The molecule has 1 fully saturated rings. The molecule has 1 aliphatic carbocycles. The van der Waals surface area contributed by atoms with Gasteiger partial charge in [-0.1, -0.05) is 0 Å². The van der Waals surface area contributed by atoms with Crippen molar-refractivity contribution in [3.63, 3.8) is 0 Å². The van der Waals surface area contributed by atoms with Gasteiger partial charge >= 0.3 is 0 Å². The van der Waals surface area contributed by atoms with Crippen molar-refractivity contribution < 1.29 is 4.39 Å². The van der Waals surface area contributed by atoms with Crippen molar-refractivity contribution in [2.45, 2.75) is 39.2 Å². The minimum absolute atomic E-state index is 0.172. The highest BCUT2D eigenvalue weighted by Crippen LogP contribution is 2.44. The van der Waals surface area contributed by atoms with E-state index in [1.807, 2.05) is 0 Å². The summed E-state index contributed by atoms with van der Waals surface area (Å²) in [5, 5.41) is 11.9. The Balaban J connectivity index is 2.10. The van der Waals surface area contributed by atoms with Crippen LogP contribution in [0.5, 0.6) is 0 Å². The first-order valence-electron chi connectivity index (χ1n) is 6.76. The molecule has 1 aromatic carbocycles. The highest BCUT2D eigenvalue weighted by Gasteiger charge is 2.41. The molecule has 0 bridgehead atoms. The number of nitrogen functional groups attached to an aromatic ring is 1. The van der Waals surface area contributed by atoms with Gasteiger partial charge in [-0.05, 0) is 62.1 Å². The predicted molar refractivity (Wildman–Crippen MR) is 74.4 cm³/mol. The summed E-state index contributed by atoms with van der Waals surface area (Å²) in [6.45, 7) is 5.88. The van der Waals surface area contributed by atoms with Gasteiger partial charge in [-0.2, -0.15) is 0 Å². The molecule has 0 saturated heterocycles. The Morgan fingerprint density at radius 1 is 1.35 bits per heavy atom. The zero-order valence-corrected chi connectivity index (χ0v) is 11.9. The summed E-state index contributed by atoms with van der Waals surface area (Å²) in [4.78, 5) is 0. The van der Waals surface area contributed by atoms with E-state index in [2.05, 4.69) is 29.4 Å². The number of aromatic nitrogens is 4. The minimum Gasteiger partial charge on any atom is -0.398 e. The van der Waals surface area contributed by atoms with Crippen LogP contribution in [-0.4, -0.2) is 20.2 Å². The Bertz CT molecular complexity index is 634. The predicted octanol–water partition coefficient (Wildman–Crippen LogP) is 2.51. The molecule has 2 aromatic rings. The average molecular weight is 275 g/mol. The standard InChI is InChI=1S/C14H18FN5/c1-8-11(15)6-9(7-12(8)16)13-17-18-19-20(13)14(2,3)10-4-5-10/h6-7,10H,4-5,16H2,1-3H3. The molecule has 0 aliphatic heterocycles. The van der Waals surface area contributed by atoms with Crippen molar-refractivity contribution in [3.8, 4) is 11.4 Å². The first kappa shape index (κ1) is 13.0. The van der Waals surface area contributed by atoms with Crippen LogP contribution in [0.15, 0.2) is 12.1 Å². The van der Waals surface area contributed by atoms with Gasteiger partial charge in [0.1, 0.15) is 5.82 Å². The molecule has 5 nitrogen and oxygen atoms in total. The topological polar surface area (TPSA) is 69.6 Å². The first-order valence-corrected chi connectivity index (χ1v) is 6.76. The smallest absolute Gasteiger partial charge is 0.182 e.